The van der Waals surface area contributed by atoms with Crippen LogP contribution in [0.15, 0.2) is 23.8 Å². The lowest BCUT2D eigenvalue weighted by molar-refractivity contribution is 1.37. The van der Waals surface area contributed by atoms with E-state index in [-0.39, 0.29) is 0 Å². The van der Waals surface area contributed by atoms with Crippen LogP contribution in [0.1, 0.15) is 13.3 Å². The molecule has 0 heterocycles. The van der Waals surface area contributed by atoms with Crippen LogP contribution in [0.2, 0.25) is 0 Å². The van der Waals surface area contributed by atoms with Crippen molar-refractivity contribution in [1.82, 2.24) is 0 Å². The molecule has 0 saturated carbocycles. The summed E-state index contributed by atoms with van der Waals surface area (Å²) in [5.41, 5.74) is 0. The van der Waals surface area contributed by atoms with Crippen LogP contribution in [0.4, 0.5) is 0 Å². The van der Waals surface area contributed by atoms with Gasteiger partial charge in [0.05, 0.1) is 0 Å². The van der Waals surface area contributed by atoms with Crippen molar-refractivity contribution in [1.29, 1.82) is 0 Å². The third-order valence-corrected chi connectivity index (χ3v) is 0.720. The second-order valence-corrected chi connectivity index (χ2v) is 1.91. The second-order valence-electron chi connectivity index (χ2n) is 1.32. The van der Waals surface area contributed by atoms with Crippen LogP contribution in [0.5, 0.6) is 0 Å². The maximum absolute atomic E-state index is 5.47. The molecule has 0 aromatic carbocycles. The molecule has 0 aromatic rings. The lowest BCUT2D eigenvalue weighted by Crippen LogP contribution is -1.56. The highest BCUT2D eigenvalue weighted by atomic mass is 35.5. The van der Waals surface area contributed by atoms with Crippen molar-refractivity contribution in [2.45, 2.75) is 13.3 Å². The van der Waals surface area contributed by atoms with Gasteiger partial charge in [-0.15, -0.1) is 6.58 Å². The first-order valence-electron chi connectivity index (χ1n) is 2.20. The second kappa shape index (κ2) is 3.94. The molecule has 0 rings (SSSR count). The summed E-state index contributed by atoms with van der Waals surface area (Å²) in [7, 11) is 0. The van der Waals surface area contributed by atoms with Crippen LogP contribution in [-0.2, 0) is 0 Å². The number of halogens is 1. The molecule has 0 unspecified atom stereocenters. The van der Waals surface area contributed by atoms with Crippen molar-refractivity contribution in [3.63, 3.8) is 0 Å². The maximum atomic E-state index is 5.47. The first kappa shape index (κ1) is 6.77. The first-order chi connectivity index (χ1) is 3.27. The van der Waals surface area contributed by atoms with Gasteiger partial charge in [0.2, 0.25) is 0 Å². The minimum Gasteiger partial charge on any atom is -0.103 e. The Morgan fingerprint density at radius 2 is 2.43 bits per heavy atom. The fourth-order valence-corrected chi connectivity index (χ4v) is 0.335. The molecule has 40 valence electrons. The van der Waals surface area contributed by atoms with Gasteiger partial charge >= 0.3 is 0 Å². The molecule has 0 radical (unpaired) electrons. The Morgan fingerprint density at radius 1 is 1.86 bits per heavy atom. The summed E-state index contributed by atoms with van der Waals surface area (Å²) in [6, 6.07) is 0. The lowest BCUT2D eigenvalue weighted by Gasteiger charge is -1.79. The summed E-state index contributed by atoms with van der Waals surface area (Å²) >= 11 is 5.47. The van der Waals surface area contributed by atoms with E-state index in [1.165, 1.54) is 0 Å². The van der Waals surface area contributed by atoms with E-state index >= 15 is 0 Å². The van der Waals surface area contributed by atoms with E-state index in [1.54, 1.807) is 0 Å². The predicted molar refractivity (Wildman–Crippen MR) is 34.4 cm³/mol. The highest BCUT2D eigenvalue weighted by Crippen LogP contribution is 1.98. The van der Waals surface area contributed by atoms with Crippen molar-refractivity contribution in [3.8, 4) is 0 Å². The third-order valence-electron chi connectivity index (χ3n) is 0.566. The average molecular weight is 117 g/mol. The number of hydrogen-bond acceptors (Lipinski definition) is 0. The Bertz CT molecular complexity index is 78.2. The van der Waals surface area contributed by atoms with Gasteiger partial charge in [-0.2, -0.15) is 0 Å². The van der Waals surface area contributed by atoms with Gasteiger partial charge in [-0.25, -0.2) is 0 Å². The molecule has 0 atom stereocenters. The van der Waals surface area contributed by atoms with Gasteiger partial charge in [0.15, 0.2) is 0 Å². The zero-order valence-corrected chi connectivity index (χ0v) is 5.20. The van der Waals surface area contributed by atoms with Gasteiger partial charge in [0.25, 0.3) is 0 Å². The fraction of sp³-hybridized carbons (Fsp3) is 0.333. The van der Waals surface area contributed by atoms with Gasteiger partial charge in [0, 0.05) is 5.03 Å². The number of rotatable bonds is 2. The zero-order chi connectivity index (χ0) is 5.70. The van der Waals surface area contributed by atoms with Crippen molar-refractivity contribution in [2.75, 3.05) is 0 Å². The molecule has 0 bridgehead atoms. The monoisotopic (exact) mass is 116 g/mol. The summed E-state index contributed by atoms with van der Waals surface area (Å²) in [5, 5.41) is 0.833. The summed E-state index contributed by atoms with van der Waals surface area (Å²) in [4.78, 5) is 0. The van der Waals surface area contributed by atoms with Crippen LogP contribution >= 0.6 is 11.6 Å². The largest absolute Gasteiger partial charge is 0.103 e. The van der Waals surface area contributed by atoms with E-state index in [0.717, 1.165) is 11.5 Å². The molecule has 0 spiro atoms. The third kappa shape index (κ3) is 5.77. The molecule has 0 aliphatic rings. The summed E-state index contributed by atoms with van der Waals surface area (Å²) in [6.07, 6.45) is 4.59. The maximum Gasteiger partial charge on any atom is 0.0113 e. The minimum atomic E-state index is 0.833. The molecular weight excluding hydrogens is 108 g/mol. The first-order valence-corrected chi connectivity index (χ1v) is 2.58. The molecule has 0 nitrogen and oxygen atoms in total. The van der Waals surface area contributed by atoms with Crippen LogP contribution in [0.3, 0.4) is 0 Å². The topological polar surface area (TPSA) is 0 Å². The predicted octanol–water partition coefficient (Wildman–Crippen LogP) is 2.71. The molecule has 1 heteroatoms. The van der Waals surface area contributed by atoms with Crippen LogP contribution in [0.25, 0.3) is 0 Å². The summed E-state index contributed by atoms with van der Waals surface area (Å²) < 4.78 is 0. The lowest BCUT2D eigenvalue weighted by atomic mass is 10.4. The summed E-state index contributed by atoms with van der Waals surface area (Å²) in [5.74, 6) is 0. The van der Waals surface area contributed by atoms with Gasteiger partial charge in [0.1, 0.15) is 0 Å². The molecule has 0 fully saturated rings. The molecule has 0 aliphatic carbocycles. The van der Waals surface area contributed by atoms with E-state index in [0.29, 0.717) is 0 Å². The van der Waals surface area contributed by atoms with Crippen molar-refractivity contribution in [2.24, 2.45) is 0 Å². The van der Waals surface area contributed by atoms with Crippen molar-refractivity contribution in [3.05, 3.63) is 23.8 Å². The Labute approximate surface area is 49.5 Å². The molecule has 0 aliphatic heterocycles. The van der Waals surface area contributed by atoms with Crippen LogP contribution in [0, 0.1) is 0 Å². The fourth-order valence-electron chi connectivity index (χ4n) is 0.246. The van der Waals surface area contributed by atoms with E-state index in [9.17, 15) is 0 Å². The quantitative estimate of drug-likeness (QED) is 0.487. The van der Waals surface area contributed by atoms with Crippen LogP contribution in [-0.4, -0.2) is 0 Å². The Balaban J connectivity index is 3.25. The van der Waals surface area contributed by atoms with E-state index in [1.807, 2.05) is 19.1 Å². The molecule has 0 aromatic heterocycles. The number of allylic oxidation sites excluding steroid dienone is 3. The standard InChI is InChI=1S/C6H9Cl/c1-3-4-5-6(2)7/h3,5H,1,4H2,2H3. The van der Waals surface area contributed by atoms with Crippen molar-refractivity contribution < 1.29 is 0 Å². The van der Waals surface area contributed by atoms with Crippen LogP contribution < -0.4 is 0 Å². The Kier molecular flexibility index (Phi) is 3.81. The smallest absolute Gasteiger partial charge is 0.0113 e. The molecule has 7 heavy (non-hydrogen) atoms. The SMILES string of the molecule is C=CCC=C(C)Cl. The zero-order valence-electron chi connectivity index (χ0n) is 4.45. The van der Waals surface area contributed by atoms with Crippen molar-refractivity contribution >= 4 is 11.6 Å². The molecule has 0 saturated heterocycles. The van der Waals surface area contributed by atoms with Gasteiger partial charge in [-0.1, -0.05) is 23.8 Å². The van der Waals surface area contributed by atoms with E-state index in [2.05, 4.69) is 6.58 Å². The Morgan fingerprint density at radius 3 is 2.57 bits per heavy atom. The van der Waals surface area contributed by atoms with E-state index < -0.39 is 0 Å². The minimum absolute atomic E-state index is 0.833. The molecule has 0 N–H and O–H groups in total. The molecule has 0 amide bonds. The average Bonchev–Trinajstić information content (AvgIpc) is 1.61. The summed E-state index contributed by atoms with van der Waals surface area (Å²) in [6.45, 7) is 5.38. The Hall–Kier alpha value is -0.230. The van der Waals surface area contributed by atoms with Gasteiger partial charge in [-0.05, 0) is 13.3 Å². The highest BCUT2D eigenvalue weighted by Gasteiger charge is 1.72. The van der Waals surface area contributed by atoms with E-state index in [4.69, 9.17) is 11.6 Å². The van der Waals surface area contributed by atoms with Gasteiger partial charge < -0.3 is 0 Å². The highest BCUT2D eigenvalue weighted by molar-refractivity contribution is 6.29. The molecular formula is C6H9Cl. The normalized spacial score (nSPS) is 11.4. The van der Waals surface area contributed by atoms with Gasteiger partial charge in [-0.3, -0.25) is 0 Å². The number of hydrogen-bond donors (Lipinski definition) is 0.